The molecule has 0 aromatic carbocycles. The number of alkyl halides is 1. The molecule has 3 N–H and O–H groups in total. The highest BCUT2D eigenvalue weighted by Crippen LogP contribution is 2.73. The maximum atomic E-state index is 13.6. The van der Waals surface area contributed by atoms with Crippen LogP contribution in [0.2, 0.25) is 0 Å². The van der Waals surface area contributed by atoms with Gasteiger partial charge in [-0.1, -0.05) is 19.4 Å². The molecule has 4 aliphatic carbocycles. The van der Waals surface area contributed by atoms with Crippen molar-refractivity contribution in [2.24, 2.45) is 28.6 Å². The van der Waals surface area contributed by atoms with Crippen LogP contribution in [0, 0.1) is 28.6 Å². The predicted molar refractivity (Wildman–Crippen MR) is 121 cm³/mol. The third kappa shape index (κ3) is 2.47. The molecule has 34 heavy (non-hydrogen) atoms. The number of carbonyl (C=O) groups excluding carboxylic acids is 4. The van der Waals surface area contributed by atoms with E-state index < -0.39 is 57.9 Å². The van der Waals surface area contributed by atoms with E-state index >= 15 is 0 Å². The van der Waals surface area contributed by atoms with Crippen molar-refractivity contribution >= 4 is 35.4 Å². The average Bonchev–Trinajstić information content (AvgIpc) is 2.98. The molecule has 6 aliphatic rings. The van der Waals surface area contributed by atoms with Crippen molar-refractivity contribution < 1.29 is 34.1 Å². The zero-order valence-corrected chi connectivity index (χ0v) is 20.3. The quantitative estimate of drug-likeness (QED) is 0.306. The number of aliphatic hydroxyl groups excluding tert-OH is 1. The van der Waals surface area contributed by atoms with E-state index in [0.29, 0.717) is 31.2 Å². The van der Waals surface area contributed by atoms with Gasteiger partial charge in [0, 0.05) is 5.41 Å². The first-order valence-electron chi connectivity index (χ1n) is 11.8. The summed E-state index contributed by atoms with van der Waals surface area (Å²) in [5, 5.41) is 25.8. The number of halogens is 1. The van der Waals surface area contributed by atoms with Gasteiger partial charge in [-0.2, -0.15) is 0 Å². The number of ketones is 3. The van der Waals surface area contributed by atoms with Crippen LogP contribution in [0.4, 0.5) is 0 Å². The normalized spacial score (nSPS) is 47.2. The van der Waals surface area contributed by atoms with Crippen molar-refractivity contribution in [3.05, 3.63) is 23.0 Å². The van der Waals surface area contributed by atoms with Gasteiger partial charge in [0.05, 0.1) is 22.9 Å². The molecule has 8 nitrogen and oxygen atoms in total. The van der Waals surface area contributed by atoms with E-state index in [1.165, 1.54) is 6.08 Å². The molecule has 9 heteroatoms. The second-order valence-corrected chi connectivity index (χ2v) is 11.7. The summed E-state index contributed by atoms with van der Waals surface area (Å²) < 4.78 is 6.03. The number of rotatable bonds is 4. The number of nitrogens with one attached hydrogen (secondary N) is 1. The Hall–Kier alpha value is -2.03. The number of hydrogen-bond donors (Lipinski definition) is 3. The van der Waals surface area contributed by atoms with Crippen LogP contribution in [0.1, 0.15) is 46.5 Å². The summed E-state index contributed by atoms with van der Waals surface area (Å²) in [5.41, 5.74) is -3.45. The summed E-state index contributed by atoms with van der Waals surface area (Å²) in [6.45, 7) is 4.54. The lowest BCUT2D eigenvalue weighted by molar-refractivity contribution is -0.188. The van der Waals surface area contributed by atoms with Crippen LogP contribution in [0.25, 0.3) is 0 Å². The number of amides is 1. The van der Waals surface area contributed by atoms with Crippen LogP contribution in [-0.4, -0.2) is 63.7 Å². The number of fused-ring (bicyclic) bond motifs is 3. The van der Waals surface area contributed by atoms with Gasteiger partial charge in [-0.25, -0.2) is 0 Å². The molecular weight excluding hydrogens is 462 g/mol. The Morgan fingerprint density at radius 1 is 1.32 bits per heavy atom. The smallest absolute Gasteiger partial charge is 0.207 e. The Kier molecular flexibility index (Phi) is 5.05. The fourth-order valence-corrected chi connectivity index (χ4v) is 8.80. The molecule has 6 bridgehead atoms. The van der Waals surface area contributed by atoms with Crippen LogP contribution >= 0.6 is 11.6 Å². The molecule has 6 rings (SSSR count). The van der Waals surface area contributed by atoms with Gasteiger partial charge in [-0.05, 0) is 56.4 Å². The summed E-state index contributed by atoms with van der Waals surface area (Å²) >= 11 is 7.50. The van der Waals surface area contributed by atoms with Gasteiger partial charge in [0.2, 0.25) is 12.2 Å². The average molecular weight is 492 g/mol. The number of hydrogen-bond acceptors (Lipinski definition) is 7. The Bertz CT molecular complexity index is 1080. The lowest BCUT2D eigenvalue weighted by atomic mass is 9.44. The minimum atomic E-state index is -1.73. The molecule has 2 heterocycles. The molecule has 0 spiro atoms. The third-order valence-electron chi connectivity index (χ3n) is 9.90. The molecule has 0 radical (unpaired) electrons. The summed E-state index contributed by atoms with van der Waals surface area (Å²) in [7, 11) is 0. The molecule has 1 amide bonds. The van der Waals surface area contributed by atoms with Crippen LogP contribution in [0.15, 0.2) is 23.0 Å². The monoisotopic (exact) mass is 491 g/mol. The largest absolute Gasteiger partial charge is 0.488 e. The second-order valence-electron chi connectivity index (χ2n) is 11.1. The van der Waals surface area contributed by atoms with Crippen molar-refractivity contribution in [2.75, 3.05) is 13.2 Å². The SMILES string of the molecule is C[C@H]1C[C@H]2[C@@H]3CCC4=CC(=O)C(C(=O)CNC=O)=C5OCC(=O)[C@]1(O)[C@]2(C)CC(O)C3(Cl)[C@]45C. The highest BCUT2D eigenvalue weighted by Gasteiger charge is 2.76. The van der Waals surface area contributed by atoms with Gasteiger partial charge >= 0.3 is 0 Å². The lowest BCUT2D eigenvalue weighted by Crippen LogP contribution is -2.71. The number of allylic oxidation sites excluding steroid dienone is 2. The molecule has 3 saturated carbocycles. The summed E-state index contributed by atoms with van der Waals surface area (Å²) in [5.74, 6) is -2.61. The molecule has 8 atom stereocenters. The number of carbonyl (C=O) groups is 4. The molecule has 2 aliphatic heterocycles. The van der Waals surface area contributed by atoms with E-state index in [-0.39, 0.29) is 35.5 Å². The van der Waals surface area contributed by atoms with Crippen LogP contribution in [-0.2, 0) is 23.9 Å². The summed E-state index contributed by atoms with van der Waals surface area (Å²) in [4.78, 5) is 49.2. The fraction of sp³-hybridized carbons (Fsp3) is 0.680. The molecule has 0 aromatic heterocycles. The topological polar surface area (TPSA) is 130 Å². The minimum Gasteiger partial charge on any atom is -0.488 e. The maximum absolute atomic E-state index is 13.6. The van der Waals surface area contributed by atoms with Crippen LogP contribution in [0.3, 0.4) is 0 Å². The van der Waals surface area contributed by atoms with E-state index in [1.807, 2.05) is 13.8 Å². The Morgan fingerprint density at radius 3 is 2.71 bits per heavy atom. The molecule has 2 saturated heterocycles. The Labute approximate surface area is 202 Å². The summed E-state index contributed by atoms with van der Waals surface area (Å²) in [6.07, 6.45) is 2.42. The van der Waals surface area contributed by atoms with Crippen molar-refractivity contribution in [1.29, 1.82) is 0 Å². The van der Waals surface area contributed by atoms with Gasteiger partial charge < -0.3 is 20.3 Å². The van der Waals surface area contributed by atoms with Crippen molar-refractivity contribution in [3.63, 3.8) is 0 Å². The fourth-order valence-electron chi connectivity index (χ4n) is 8.26. The van der Waals surface area contributed by atoms with Crippen molar-refractivity contribution in [2.45, 2.75) is 63.0 Å². The highest BCUT2D eigenvalue weighted by atomic mass is 35.5. The number of aliphatic hydroxyl groups is 2. The van der Waals surface area contributed by atoms with Crippen molar-refractivity contribution in [3.8, 4) is 0 Å². The van der Waals surface area contributed by atoms with Crippen molar-refractivity contribution in [1.82, 2.24) is 5.32 Å². The first-order chi connectivity index (χ1) is 15.9. The van der Waals surface area contributed by atoms with E-state index in [1.54, 1.807) is 6.92 Å². The van der Waals surface area contributed by atoms with Crippen LogP contribution in [0.5, 0.6) is 0 Å². The third-order valence-corrected chi connectivity index (χ3v) is 10.8. The highest BCUT2D eigenvalue weighted by molar-refractivity contribution is 6.29. The maximum Gasteiger partial charge on any atom is 0.207 e. The zero-order chi connectivity index (χ0) is 24.8. The zero-order valence-electron chi connectivity index (χ0n) is 19.5. The van der Waals surface area contributed by atoms with E-state index in [0.717, 1.165) is 0 Å². The first kappa shape index (κ1) is 23.7. The molecule has 0 aromatic rings. The lowest BCUT2D eigenvalue weighted by Gasteiger charge is -2.65. The van der Waals surface area contributed by atoms with Gasteiger partial charge in [0.15, 0.2) is 11.6 Å². The van der Waals surface area contributed by atoms with Crippen LogP contribution < -0.4 is 5.32 Å². The van der Waals surface area contributed by atoms with Gasteiger partial charge in [0.1, 0.15) is 23.5 Å². The second kappa shape index (κ2) is 7.24. The molecule has 2 unspecified atom stereocenters. The Balaban J connectivity index is 1.80. The van der Waals surface area contributed by atoms with E-state index in [4.69, 9.17) is 16.3 Å². The van der Waals surface area contributed by atoms with E-state index in [9.17, 15) is 29.4 Å². The number of ether oxygens (including phenoxy) is 1. The molecular formula is C25H30ClNO7. The molecule has 5 fully saturated rings. The van der Waals surface area contributed by atoms with Gasteiger partial charge in [-0.15, -0.1) is 11.6 Å². The van der Waals surface area contributed by atoms with Gasteiger partial charge in [0.25, 0.3) is 0 Å². The summed E-state index contributed by atoms with van der Waals surface area (Å²) in [6, 6.07) is 0. The first-order valence-corrected chi connectivity index (χ1v) is 12.2. The minimum absolute atomic E-state index is 0.0408. The molecule has 184 valence electrons. The predicted octanol–water partition coefficient (Wildman–Crippen LogP) is 1.22. The van der Waals surface area contributed by atoms with Gasteiger partial charge in [-0.3, -0.25) is 19.2 Å². The standard InChI is InChI=1S/C25H30ClNO7/c1-12-6-15-14-5-4-13-7-16(29)20(17(30)9-27-11-28)21-23(13,3)24(14,26)18(31)8-22(15,2)25(12,33)19(32)10-34-21/h7,11-12,14-15,18,31,33H,4-6,8-10H2,1-3H3,(H,27,28)/t12-,14-,15-,18?,22+,23+,24?,25-/m0/s1. The Morgan fingerprint density at radius 2 is 2.03 bits per heavy atom. The van der Waals surface area contributed by atoms with E-state index in [2.05, 4.69) is 5.32 Å². The number of Topliss-reactive ketones (excluding diaryl/α,β-unsaturated/α-hetero) is 2.